The maximum Gasteiger partial charge on any atom is 0.137 e. The monoisotopic (exact) mass is 276 g/mol. The number of nitrogens with zero attached hydrogens (tertiary/aromatic N) is 1. The Morgan fingerprint density at radius 2 is 2.20 bits per heavy atom. The Bertz CT molecular complexity index is 346. The number of likely N-dealkylation sites (N-methyl/N-ethyl adjacent to an activating group) is 1. The molecule has 0 saturated carbocycles. The van der Waals surface area contributed by atoms with E-state index in [2.05, 4.69) is 15.9 Å². The SMILES string of the molecule is CN(CCO)Cc1cc(F)c(Br)cc1N. The fourth-order valence-corrected chi connectivity index (χ4v) is 1.64. The van der Waals surface area contributed by atoms with Gasteiger partial charge >= 0.3 is 0 Å². The van der Waals surface area contributed by atoms with Crippen LogP contribution in [0, 0.1) is 5.82 Å². The summed E-state index contributed by atoms with van der Waals surface area (Å²) in [6, 6.07) is 2.96. The van der Waals surface area contributed by atoms with Crippen molar-refractivity contribution in [1.82, 2.24) is 4.90 Å². The quantitative estimate of drug-likeness (QED) is 0.822. The standard InChI is InChI=1S/C10H14BrFN2O/c1-14(2-3-15)6-7-4-9(12)8(11)5-10(7)13/h4-5,15H,2-3,6,13H2,1H3. The predicted octanol–water partition coefficient (Wildman–Crippen LogP) is 1.59. The molecule has 0 aliphatic rings. The van der Waals surface area contributed by atoms with Crippen LogP contribution in [0.25, 0.3) is 0 Å². The first-order chi connectivity index (χ1) is 7.04. The van der Waals surface area contributed by atoms with Gasteiger partial charge in [-0.3, -0.25) is 4.90 Å². The van der Waals surface area contributed by atoms with Crippen molar-refractivity contribution in [2.75, 3.05) is 25.9 Å². The lowest BCUT2D eigenvalue weighted by Gasteiger charge is -2.16. The number of benzene rings is 1. The highest BCUT2D eigenvalue weighted by Gasteiger charge is 2.07. The molecule has 0 saturated heterocycles. The summed E-state index contributed by atoms with van der Waals surface area (Å²) < 4.78 is 13.6. The van der Waals surface area contributed by atoms with E-state index in [0.717, 1.165) is 5.56 Å². The van der Waals surface area contributed by atoms with Crippen LogP contribution in [0.4, 0.5) is 10.1 Å². The zero-order chi connectivity index (χ0) is 11.4. The third-order valence-electron chi connectivity index (χ3n) is 2.10. The number of anilines is 1. The van der Waals surface area contributed by atoms with E-state index in [1.807, 2.05) is 11.9 Å². The Kier molecular flexibility index (Phi) is 4.50. The van der Waals surface area contributed by atoms with Crippen LogP contribution in [-0.4, -0.2) is 30.2 Å². The largest absolute Gasteiger partial charge is 0.398 e. The van der Waals surface area contributed by atoms with Gasteiger partial charge in [0.15, 0.2) is 0 Å². The highest BCUT2D eigenvalue weighted by molar-refractivity contribution is 9.10. The Labute approximate surface area is 96.8 Å². The molecule has 0 aliphatic carbocycles. The van der Waals surface area contributed by atoms with Gasteiger partial charge in [-0.1, -0.05) is 0 Å². The topological polar surface area (TPSA) is 49.5 Å². The molecule has 0 fully saturated rings. The summed E-state index contributed by atoms with van der Waals surface area (Å²) in [5, 5.41) is 8.73. The van der Waals surface area contributed by atoms with Crippen LogP contribution < -0.4 is 5.73 Å². The first kappa shape index (κ1) is 12.4. The molecule has 0 amide bonds. The van der Waals surface area contributed by atoms with Crippen molar-refractivity contribution in [3.05, 3.63) is 28.0 Å². The van der Waals surface area contributed by atoms with E-state index >= 15 is 0 Å². The van der Waals surface area contributed by atoms with Gasteiger partial charge in [0, 0.05) is 18.8 Å². The number of hydrogen-bond donors (Lipinski definition) is 2. The fourth-order valence-electron chi connectivity index (χ4n) is 1.28. The minimum Gasteiger partial charge on any atom is -0.398 e. The highest BCUT2D eigenvalue weighted by atomic mass is 79.9. The van der Waals surface area contributed by atoms with Crippen molar-refractivity contribution >= 4 is 21.6 Å². The maximum atomic E-state index is 13.2. The molecule has 84 valence electrons. The molecule has 1 aromatic rings. The molecule has 1 aromatic carbocycles. The second kappa shape index (κ2) is 5.44. The molecule has 0 atom stereocenters. The minimum absolute atomic E-state index is 0.0788. The minimum atomic E-state index is -0.323. The molecule has 0 aromatic heterocycles. The molecule has 0 heterocycles. The molecular formula is C10H14BrFN2O. The third kappa shape index (κ3) is 3.44. The van der Waals surface area contributed by atoms with Crippen LogP contribution in [0.5, 0.6) is 0 Å². The Morgan fingerprint density at radius 1 is 1.53 bits per heavy atom. The molecule has 1 rings (SSSR count). The van der Waals surface area contributed by atoms with Crippen LogP contribution >= 0.6 is 15.9 Å². The van der Waals surface area contributed by atoms with Crippen LogP contribution in [0.2, 0.25) is 0 Å². The molecule has 0 unspecified atom stereocenters. The lowest BCUT2D eigenvalue weighted by molar-refractivity contribution is 0.217. The second-order valence-electron chi connectivity index (χ2n) is 3.43. The molecule has 15 heavy (non-hydrogen) atoms. The lowest BCUT2D eigenvalue weighted by atomic mass is 10.1. The van der Waals surface area contributed by atoms with Gasteiger partial charge < -0.3 is 10.8 Å². The van der Waals surface area contributed by atoms with Gasteiger partial charge in [-0.2, -0.15) is 0 Å². The van der Waals surface area contributed by atoms with E-state index in [9.17, 15) is 4.39 Å². The zero-order valence-corrected chi connectivity index (χ0v) is 10.1. The van der Waals surface area contributed by atoms with Crippen molar-refractivity contribution in [2.45, 2.75) is 6.54 Å². The van der Waals surface area contributed by atoms with E-state index in [0.29, 0.717) is 23.2 Å². The van der Waals surface area contributed by atoms with Crippen LogP contribution in [0.3, 0.4) is 0 Å². The number of aliphatic hydroxyl groups is 1. The first-order valence-corrected chi connectivity index (χ1v) is 5.36. The van der Waals surface area contributed by atoms with Gasteiger partial charge in [0.25, 0.3) is 0 Å². The summed E-state index contributed by atoms with van der Waals surface area (Å²) in [6.07, 6.45) is 0. The first-order valence-electron chi connectivity index (χ1n) is 4.57. The number of halogens is 2. The molecule has 3 N–H and O–H groups in total. The van der Waals surface area contributed by atoms with Gasteiger partial charge in [0.05, 0.1) is 11.1 Å². The Morgan fingerprint density at radius 3 is 2.80 bits per heavy atom. The average Bonchev–Trinajstić information content (AvgIpc) is 2.14. The molecular weight excluding hydrogens is 263 g/mol. The van der Waals surface area contributed by atoms with Crippen molar-refractivity contribution < 1.29 is 9.50 Å². The fraction of sp³-hybridized carbons (Fsp3) is 0.400. The molecule has 0 bridgehead atoms. The summed E-state index contributed by atoms with van der Waals surface area (Å²) >= 11 is 3.07. The summed E-state index contributed by atoms with van der Waals surface area (Å²) in [4.78, 5) is 1.87. The lowest BCUT2D eigenvalue weighted by Crippen LogP contribution is -2.22. The number of rotatable bonds is 4. The molecule has 3 nitrogen and oxygen atoms in total. The van der Waals surface area contributed by atoms with E-state index in [-0.39, 0.29) is 12.4 Å². The van der Waals surface area contributed by atoms with Crippen molar-refractivity contribution in [3.8, 4) is 0 Å². The summed E-state index contributed by atoms with van der Waals surface area (Å²) in [7, 11) is 1.84. The summed E-state index contributed by atoms with van der Waals surface area (Å²) in [6.45, 7) is 1.14. The number of aliphatic hydroxyl groups excluding tert-OH is 1. The predicted molar refractivity (Wildman–Crippen MR) is 61.9 cm³/mol. The second-order valence-corrected chi connectivity index (χ2v) is 4.28. The van der Waals surface area contributed by atoms with E-state index in [1.54, 1.807) is 6.07 Å². The average molecular weight is 277 g/mol. The summed E-state index contributed by atoms with van der Waals surface area (Å²) in [5.41, 5.74) is 7.03. The van der Waals surface area contributed by atoms with E-state index < -0.39 is 0 Å². The molecule has 0 radical (unpaired) electrons. The van der Waals surface area contributed by atoms with Gasteiger partial charge in [-0.05, 0) is 40.7 Å². The van der Waals surface area contributed by atoms with Crippen LogP contribution in [0.1, 0.15) is 5.56 Å². The van der Waals surface area contributed by atoms with Crippen molar-refractivity contribution in [2.24, 2.45) is 0 Å². The Hall–Kier alpha value is -0.650. The van der Waals surface area contributed by atoms with E-state index in [1.165, 1.54) is 6.07 Å². The van der Waals surface area contributed by atoms with Gasteiger partial charge in [0.2, 0.25) is 0 Å². The Balaban J connectivity index is 2.81. The highest BCUT2D eigenvalue weighted by Crippen LogP contribution is 2.23. The van der Waals surface area contributed by atoms with Crippen molar-refractivity contribution in [3.63, 3.8) is 0 Å². The van der Waals surface area contributed by atoms with Crippen LogP contribution in [0.15, 0.2) is 16.6 Å². The van der Waals surface area contributed by atoms with Gasteiger partial charge in [0.1, 0.15) is 5.82 Å². The smallest absolute Gasteiger partial charge is 0.137 e. The summed E-state index contributed by atoms with van der Waals surface area (Å²) in [5.74, 6) is -0.323. The van der Waals surface area contributed by atoms with Gasteiger partial charge in [-0.25, -0.2) is 4.39 Å². The third-order valence-corrected chi connectivity index (χ3v) is 2.71. The number of nitrogen functional groups attached to an aromatic ring is 1. The van der Waals surface area contributed by atoms with E-state index in [4.69, 9.17) is 10.8 Å². The molecule has 0 spiro atoms. The maximum absolute atomic E-state index is 13.2. The zero-order valence-electron chi connectivity index (χ0n) is 8.50. The van der Waals surface area contributed by atoms with Crippen molar-refractivity contribution in [1.29, 1.82) is 0 Å². The molecule has 5 heteroatoms. The normalized spacial score (nSPS) is 11.0. The number of nitrogens with two attached hydrogens (primary N) is 1. The van der Waals surface area contributed by atoms with Gasteiger partial charge in [-0.15, -0.1) is 0 Å². The molecule has 0 aliphatic heterocycles. The number of hydrogen-bond acceptors (Lipinski definition) is 3. The van der Waals surface area contributed by atoms with Crippen LogP contribution in [-0.2, 0) is 6.54 Å².